The highest BCUT2D eigenvalue weighted by molar-refractivity contribution is 6.31. The molecule has 4 N–H and O–H groups in total. The van der Waals surface area contributed by atoms with Crippen LogP contribution in [0.25, 0.3) is 11.1 Å². The highest BCUT2D eigenvalue weighted by Crippen LogP contribution is 2.35. The summed E-state index contributed by atoms with van der Waals surface area (Å²) in [7, 11) is 0. The number of carboxylic acids is 1. The summed E-state index contributed by atoms with van der Waals surface area (Å²) in [6.07, 6.45) is -2.78. The number of ether oxygens (including phenoxy) is 1. The van der Waals surface area contributed by atoms with Crippen LogP contribution in [-0.4, -0.2) is 42.9 Å². The lowest BCUT2D eigenvalue weighted by Crippen LogP contribution is -2.36. The first-order valence-corrected chi connectivity index (χ1v) is 10.0. The number of aliphatic hydroxyl groups is 3. The lowest BCUT2D eigenvalue weighted by molar-refractivity contribution is -0.419. The topological polar surface area (TPSA) is 146 Å². The van der Waals surface area contributed by atoms with Crippen LogP contribution in [0.5, 0.6) is 5.75 Å². The molecular formula is C23H20ClNO8. The van der Waals surface area contributed by atoms with Crippen molar-refractivity contribution in [3.63, 3.8) is 0 Å². The largest absolute Gasteiger partial charge is 0.480 e. The summed E-state index contributed by atoms with van der Waals surface area (Å²) >= 11 is 6.05. The molecule has 0 amide bonds. The van der Waals surface area contributed by atoms with Gasteiger partial charge in [0.1, 0.15) is 6.04 Å². The van der Waals surface area contributed by atoms with Gasteiger partial charge in [-0.3, -0.25) is 14.2 Å². The highest BCUT2D eigenvalue weighted by atomic mass is 35.5. The third-order valence-corrected chi connectivity index (χ3v) is 5.07. The minimum Gasteiger partial charge on any atom is -0.480 e. The van der Waals surface area contributed by atoms with Gasteiger partial charge in [-0.2, -0.15) is 0 Å². The fourth-order valence-electron chi connectivity index (χ4n) is 3.40. The molecule has 10 heteroatoms. The van der Waals surface area contributed by atoms with Crippen LogP contribution in [-0.2, 0) is 11.2 Å². The molecule has 0 fully saturated rings. The van der Waals surface area contributed by atoms with E-state index >= 15 is 0 Å². The predicted octanol–water partition coefficient (Wildman–Crippen LogP) is 2.21. The van der Waals surface area contributed by atoms with Crippen molar-refractivity contribution < 1.29 is 34.8 Å². The van der Waals surface area contributed by atoms with Crippen molar-refractivity contribution in [3.8, 4) is 16.9 Å². The van der Waals surface area contributed by atoms with Gasteiger partial charge in [-0.25, -0.2) is 4.79 Å². The molecule has 2 aromatic carbocycles. The summed E-state index contributed by atoms with van der Waals surface area (Å²) < 4.78 is 5.63. The summed E-state index contributed by atoms with van der Waals surface area (Å²) in [5, 5.41) is 38.2. The van der Waals surface area contributed by atoms with E-state index in [4.69, 9.17) is 16.3 Å². The Hall–Kier alpha value is -3.50. The van der Waals surface area contributed by atoms with Gasteiger partial charge in [-0.05, 0) is 36.2 Å². The smallest absolute Gasteiger partial charge is 0.453 e. The third-order valence-electron chi connectivity index (χ3n) is 4.83. The number of aromatic nitrogens is 1. The number of carbonyl (C=O) groups is 2. The van der Waals surface area contributed by atoms with Gasteiger partial charge in [0, 0.05) is 28.6 Å². The summed E-state index contributed by atoms with van der Waals surface area (Å²) in [6, 6.07) is 12.4. The molecule has 172 valence electrons. The minimum absolute atomic E-state index is 0.0623. The van der Waals surface area contributed by atoms with Crippen molar-refractivity contribution in [1.29, 1.82) is 0 Å². The summed E-state index contributed by atoms with van der Waals surface area (Å²) in [6.45, 7) is 1.28. The molecule has 0 radical (unpaired) electrons. The van der Waals surface area contributed by atoms with Crippen molar-refractivity contribution in [2.75, 3.05) is 0 Å². The van der Waals surface area contributed by atoms with Crippen molar-refractivity contribution in [1.82, 2.24) is 4.57 Å². The molecular weight excluding hydrogens is 454 g/mol. The number of carbonyl (C=O) groups excluding carboxylic acids is 1. The van der Waals surface area contributed by atoms with Crippen LogP contribution < -0.4 is 10.3 Å². The molecule has 0 saturated carbocycles. The molecule has 1 unspecified atom stereocenters. The number of aliphatic carboxylic acids is 1. The summed E-state index contributed by atoms with van der Waals surface area (Å²) in [5.41, 5.74) is 0.0232. The highest BCUT2D eigenvalue weighted by Gasteiger charge is 2.28. The Bertz CT molecular complexity index is 1250. The zero-order valence-electron chi connectivity index (χ0n) is 17.3. The van der Waals surface area contributed by atoms with Crippen LogP contribution in [0.4, 0.5) is 0 Å². The molecule has 1 aromatic heterocycles. The average molecular weight is 474 g/mol. The molecule has 0 aliphatic rings. The summed E-state index contributed by atoms with van der Waals surface area (Å²) in [4.78, 5) is 37.1. The normalized spacial score (nSPS) is 12.3. The third kappa shape index (κ3) is 5.85. The number of pyridine rings is 1. The number of ketones is 1. The number of hydrogen-bond acceptors (Lipinski definition) is 7. The van der Waals surface area contributed by atoms with Crippen molar-refractivity contribution >= 4 is 23.4 Å². The Morgan fingerprint density at radius 1 is 1.06 bits per heavy atom. The first kappa shape index (κ1) is 24.1. The van der Waals surface area contributed by atoms with Crippen LogP contribution >= 0.6 is 11.6 Å². The van der Waals surface area contributed by atoms with Gasteiger partial charge in [0.15, 0.2) is 11.5 Å². The van der Waals surface area contributed by atoms with Gasteiger partial charge in [0.25, 0.3) is 5.56 Å². The Kier molecular flexibility index (Phi) is 6.99. The van der Waals surface area contributed by atoms with Gasteiger partial charge in [-0.15, -0.1) is 0 Å². The monoisotopic (exact) mass is 473 g/mol. The van der Waals surface area contributed by atoms with E-state index < -0.39 is 29.5 Å². The second-order valence-electron chi connectivity index (χ2n) is 7.26. The number of hydrogen-bond donors (Lipinski definition) is 4. The molecule has 0 aliphatic carbocycles. The van der Waals surface area contributed by atoms with E-state index in [9.17, 15) is 34.8 Å². The molecule has 0 aliphatic heterocycles. The van der Waals surface area contributed by atoms with E-state index in [1.807, 2.05) is 0 Å². The first-order valence-electron chi connectivity index (χ1n) is 9.66. The average Bonchev–Trinajstić information content (AvgIpc) is 2.72. The Labute approximate surface area is 192 Å². The molecule has 1 atom stereocenters. The Morgan fingerprint density at radius 3 is 2.30 bits per heavy atom. The zero-order valence-corrected chi connectivity index (χ0v) is 18.1. The maximum Gasteiger partial charge on any atom is 0.453 e. The molecule has 0 spiro atoms. The molecule has 0 saturated heterocycles. The number of nitrogens with zero attached hydrogens (tertiary/aromatic N) is 1. The zero-order chi connectivity index (χ0) is 24.3. The van der Waals surface area contributed by atoms with Gasteiger partial charge < -0.3 is 25.2 Å². The van der Waals surface area contributed by atoms with E-state index in [-0.39, 0.29) is 33.9 Å². The molecule has 1 heterocycles. The van der Waals surface area contributed by atoms with Crippen LogP contribution in [0, 0.1) is 0 Å². The molecule has 0 bridgehead atoms. The number of halogens is 1. The molecule has 3 aromatic rings. The predicted molar refractivity (Wildman–Crippen MR) is 118 cm³/mol. The van der Waals surface area contributed by atoms with E-state index in [1.165, 1.54) is 25.1 Å². The fraction of sp³-hybridized carbons (Fsp3) is 0.174. The van der Waals surface area contributed by atoms with E-state index in [0.717, 1.165) is 16.8 Å². The number of benzene rings is 2. The standard InChI is InChI=1S/C23H20ClNO8/c1-13(26)16-8-7-15(24)10-17(16)18-11-21(27)25(12-20(18)33-23(30,31)32)19(22(28)29)9-14-5-3-2-4-6-14/h2-8,10-12,19,30-32H,9H2,1H3,(H,28,29). The Balaban J connectivity index is 2.23. The van der Waals surface area contributed by atoms with Gasteiger partial charge in [-0.1, -0.05) is 41.9 Å². The van der Waals surface area contributed by atoms with Crippen molar-refractivity contribution in [2.24, 2.45) is 0 Å². The van der Waals surface area contributed by atoms with Crippen LogP contribution in [0.2, 0.25) is 5.02 Å². The maximum atomic E-state index is 13.0. The molecule has 9 nitrogen and oxygen atoms in total. The van der Waals surface area contributed by atoms with Gasteiger partial charge in [0.05, 0.1) is 6.20 Å². The quantitative estimate of drug-likeness (QED) is 0.287. The Morgan fingerprint density at radius 2 is 1.73 bits per heavy atom. The van der Waals surface area contributed by atoms with Crippen LogP contribution in [0.15, 0.2) is 65.6 Å². The lowest BCUT2D eigenvalue weighted by atomic mass is 9.97. The number of carboxylic acid groups (broad SMARTS) is 1. The number of rotatable bonds is 8. The van der Waals surface area contributed by atoms with E-state index in [0.29, 0.717) is 5.56 Å². The summed E-state index contributed by atoms with van der Waals surface area (Å²) in [5.74, 6) is -2.17. The minimum atomic E-state index is -3.65. The van der Waals surface area contributed by atoms with Gasteiger partial charge >= 0.3 is 12.1 Å². The second-order valence-corrected chi connectivity index (χ2v) is 7.70. The maximum absolute atomic E-state index is 13.0. The SMILES string of the molecule is CC(=O)c1ccc(Cl)cc1-c1cc(=O)n(C(Cc2ccccc2)C(=O)O)cc1OC(O)(O)O. The van der Waals surface area contributed by atoms with Crippen molar-refractivity contribution in [2.45, 2.75) is 25.5 Å². The second kappa shape index (κ2) is 9.55. The number of Topliss-reactive ketones (excluding diaryl/α,β-unsaturated/α-hetero) is 1. The molecule has 33 heavy (non-hydrogen) atoms. The first-order chi connectivity index (χ1) is 15.5. The van der Waals surface area contributed by atoms with Crippen molar-refractivity contribution in [3.05, 3.63) is 87.3 Å². The van der Waals surface area contributed by atoms with E-state index in [1.54, 1.807) is 30.3 Å². The van der Waals surface area contributed by atoms with Crippen LogP contribution in [0.1, 0.15) is 28.9 Å². The van der Waals surface area contributed by atoms with Crippen LogP contribution in [0.3, 0.4) is 0 Å². The fourth-order valence-corrected chi connectivity index (χ4v) is 3.57. The van der Waals surface area contributed by atoms with E-state index in [2.05, 4.69) is 0 Å². The lowest BCUT2D eigenvalue weighted by Gasteiger charge is -2.22. The molecule has 3 rings (SSSR count). The van der Waals surface area contributed by atoms with Gasteiger partial charge in [0.2, 0.25) is 0 Å².